The number of fused-ring (bicyclic) bond motifs is 2. The standard InChI is InChI=1S/C23H25F3N2OS/c24-23(25,26)17-14-3-1-2-4-15(14)28-21-16(17)18(27)19(30-21)20(29)22-8-11-5-12(9-22)7-13(6-11)10-22/h11-13H,1-10,27H2. The number of nitrogens with two attached hydrogens (primary N) is 1. The van der Waals surface area contributed by atoms with E-state index in [4.69, 9.17) is 5.73 Å². The Morgan fingerprint density at radius 2 is 1.63 bits per heavy atom. The van der Waals surface area contributed by atoms with Crippen LogP contribution in [0.25, 0.3) is 10.2 Å². The van der Waals surface area contributed by atoms with Gasteiger partial charge in [-0.25, -0.2) is 4.98 Å². The molecule has 3 nitrogen and oxygen atoms in total. The Bertz CT molecular complexity index is 1040. The van der Waals surface area contributed by atoms with Gasteiger partial charge in [0.2, 0.25) is 0 Å². The molecule has 2 heterocycles. The first kappa shape index (κ1) is 19.1. The molecule has 7 rings (SSSR count). The van der Waals surface area contributed by atoms with Crippen LogP contribution in [-0.2, 0) is 19.0 Å². The Kier molecular flexibility index (Phi) is 3.95. The Labute approximate surface area is 177 Å². The number of aryl methyl sites for hydroxylation is 1. The van der Waals surface area contributed by atoms with Crippen molar-refractivity contribution >= 4 is 33.0 Å². The molecule has 2 N–H and O–H groups in total. The SMILES string of the molecule is Nc1c(C(=O)C23CC4CC(CC(C4)C2)C3)sc2nc3c(c(C(F)(F)F)c12)CCCC3. The topological polar surface area (TPSA) is 56.0 Å². The number of carbonyl (C=O) groups is 1. The number of hydrogen-bond acceptors (Lipinski definition) is 4. The predicted molar refractivity (Wildman–Crippen MR) is 111 cm³/mol. The summed E-state index contributed by atoms with van der Waals surface area (Å²) in [6.07, 6.45) is 4.27. The zero-order valence-electron chi connectivity index (χ0n) is 16.8. The van der Waals surface area contributed by atoms with E-state index >= 15 is 0 Å². The number of alkyl halides is 3. The summed E-state index contributed by atoms with van der Waals surface area (Å²) in [5, 5.41) is -0.0266. The molecule has 5 aliphatic carbocycles. The van der Waals surface area contributed by atoms with Gasteiger partial charge in [-0.2, -0.15) is 13.2 Å². The molecule has 0 spiro atoms. The lowest BCUT2D eigenvalue weighted by Gasteiger charge is -2.55. The van der Waals surface area contributed by atoms with E-state index in [9.17, 15) is 18.0 Å². The summed E-state index contributed by atoms with van der Waals surface area (Å²) < 4.78 is 42.4. The van der Waals surface area contributed by atoms with Gasteiger partial charge in [0.05, 0.1) is 16.1 Å². The zero-order valence-corrected chi connectivity index (χ0v) is 17.6. The van der Waals surface area contributed by atoms with Crippen molar-refractivity contribution in [3.8, 4) is 0 Å². The minimum Gasteiger partial charge on any atom is -0.397 e. The van der Waals surface area contributed by atoms with Gasteiger partial charge in [-0.15, -0.1) is 11.3 Å². The van der Waals surface area contributed by atoms with Crippen LogP contribution in [0.4, 0.5) is 18.9 Å². The summed E-state index contributed by atoms with van der Waals surface area (Å²) in [4.78, 5) is 19.0. The molecule has 5 aliphatic rings. The molecule has 0 aromatic carbocycles. The number of hydrogen-bond donors (Lipinski definition) is 1. The first-order chi connectivity index (χ1) is 14.2. The maximum absolute atomic E-state index is 14.1. The smallest absolute Gasteiger partial charge is 0.397 e. The third kappa shape index (κ3) is 2.63. The second-order valence-corrected chi connectivity index (χ2v) is 11.2. The molecule has 0 unspecified atom stereocenters. The fourth-order valence-electron chi connectivity index (χ4n) is 7.42. The van der Waals surface area contributed by atoms with Gasteiger partial charge in [0.15, 0.2) is 5.78 Å². The van der Waals surface area contributed by atoms with Crippen molar-refractivity contribution in [2.45, 2.75) is 70.4 Å². The lowest BCUT2D eigenvalue weighted by Crippen LogP contribution is -2.49. The molecule has 2 aromatic rings. The van der Waals surface area contributed by atoms with E-state index in [-0.39, 0.29) is 21.7 Å². The second-order valence-electron chi connectivity index (χ2n) is 10.2. The van der Waals surface area contributed by atoms with E-state index in [1.54, 1.807) is 0 Å². The Balaban J connectivity index is 1.52. The zero-order chi connectivity index (χ0) is 20.8. The van der Waals surface area contributed by atoms with Crippen molar-refractivity contribution in [3.63, 3.8) is 0 Å². The van der Waals surface area contributed by atoms with Gasteiger partial charge in [0.1, 0.15) is 4.83 Å². The summed E-state index contributed by atoms with van der Waals surface area (Å²) in [7, 11) is 0. The average Bonchev–Trinajstić information content (AvgIpc) is 2.99. The van der Waals surface area contributed by atoms with Crippen molar-refractivity contribution in [1.82, 2.24) is 4.98 Å². The maximum Gasteiger partial charge on any atom is 0.417 e. The van der Waals surface area contributed by atoms with E-state index < -0.39 is 17.2 Å². The first-order valence-corrected chi connectivity index (χ1v) is 11.9. The molecule has 0 atom stereocenters. The van der Waals surface area contributed by atoms with Crippen LogP contribution >= 0.6 is 11.3 Å². The monoisotopic (exact) mass is 434 g/mol. The fourth-order valence-corrected chi connectivity index (χ4v) is 8.60. The molecule has 4 saturated carbocycles. The number of ketones is 1. The van der Waals surface area contributed by atoms with Gasteiger partial charge < -0.3 is 5.73 Å². The van der Waals surface area contributed by atoms with Crippen LogP contribution in [0.2, 0.25) is 0 Å². The number of halogens is 3. The molecule has 2 aromatic heterocycles. The highest BCUT2D eigenvalue weighted by Gasteiger charge is 2.55. The van der Waals surface area contributed by atoms with Gasteiger partial charge in [-0.3, -0.25) is 4.79 Å². The van der Waals surface area contributed by atoms with Crippen LogP contribution < -0.4 is 5.73 Å². The predicted octanol–water partition coefficient (Wildman–Crippen LogP) is 6.18. The third-order valence-corrected chi connectivity index (χ3v) is 9.26. The molecule has 0 radical (unpaired) electrons. The van der Waals surface area contributed by atoms with Gasteiger partial charge in [-0.05, 0) is 87.5 Å². The van der Waals surface area contributed by atoms with Crippen molar-refractivity contribution in [2.75, 3.05) is 5.73 Å². The molecule has 7 heteroatoms. The summed E-state index contributed by atoms with van der Waals surface area (Å²) >= 11 is 1.10. The van der Waals surface area contributed by atoms with E-state index in [0.29, 0.717) is 46.7 Å². The van der Waals surface area contributed by atoms with E-state index in [2.05, 4.69) is 4.98 Å². The van der Waals surface area contributed by atoms with Crippen molar-refractivity contribution in [1.29, 1.82) is 0 Å². The number of thiophene rings is 1. The molecular weight excluding hydrogens is 409 g/mol. The second kappa shape index (κ2) is 6.21. The highest BCUT2D eigenvalue weighted by Crippen LogP contribution is 2.62. The molecule has 0 amide bonds. The molecular formula is C23H25F3N2OS. The summed E-state index contributed by atoms with van der Waals surface area (Å²) in [6, 6.07) is 0. The molecule has 4 fully saturated rings. The number of Topliss-reactive ketones (excluding diaryl/α,β-unsaturated/α-hetero) is 1. The number of carbonyl (C=O) groups excluding carboxylic acids is 1. The van der Waals surface area contributed by atoms with Crippen molar-refractivity contribution in [3.05, 3.63) is 21.7 Å². The van der Waals surface area contributed by atoms with Crippen LogP contribution in [0, 0.1) is 23.2 Å². The first-order valence-electron chi connectivity index (χ1n) is 11.1. The third-order valence-electron chi connectivity index (χ3n) is 8.16. The summed E-state index contributed by atoms with van der Waals surface area (Å²) in [5.74, 6) is 1.76. The largest absolute Gasteiger partial charge is 0.417 e. The van der Waals surface area contributed by atoms with E-state index in [1.807, 2.05) is 0 Å². The van der Waals surface area contributed by atoms with Crippen LogP contribution in [0.15, 0.2) is 0 Å². The van der Waals surface area contributed by atoms with Crippen molar-refractivity contribution < 1.29 is 18.0 Å². The van der Waals surface area contributed by atoms with Crippen LogP contribution in [0.5, 0.6) is 0 Å². The molecule has 0 aliphatic heterocycles. The van der Waals surface area contributed by atoms with Crippen LogP contribution in [0.1, 0.15) is 77.9 Å². The quantitative estimate of drug-likeness (QED) is 0.575. The number of pyridine rings is 1. The van der Waals surface area contributed by atoms with Crippen LogP contribution in [0.3, 0.4) is 0 Å². The van der Waals surface area contributed by atoms with Gasteiger partial charge in [0.25, 0.3) is 0 Å². The summed E-state index contributed by atoms with van der Waals surface area (Å²) in [5.41, 5.74) is 6.13. The Morgan fingerprint density at radius 1 is 1.03 bits per heavy atom. The normalized spacial score (nSPS) is 32.6. The van der Waals surface area contributed by atoms with Gasteiger partial charge >= 0.3 is 6.18 Å². The number of rotatable bonds is 2. The van der Waals surface area contributed by atoms with Crippen molar-refractivity contribution in [2.24, 2.45) is 23.2 Å². The van der Waals surface area contributed by atoms with Gasteiger partial charge in [0, 0.05) is 16.5 Å². The highest BCUT2D eigenvalue weighted by molar-refractivity contribution is 7.21. The Morgan fingerprint density at radius 3 is 2.23 bits per heavy atom. The molecule has 160 valence electrons. The summed E-state index contributed by atoms with van der Waals surface area (Å²) in [6.45, 7) is 0. The minimum absolute atomic E-state index is 0.00630. The molecule has 0 saturated heterocycles. The highest BCUT2D eigenvalue weighted by atomic mass is 32.1. The fraction of sp³-hybridized carbons (Fsp3) is 0.652. The number of nitrogen functional groups attached to an aromatic ring is 1. The van der Waals surface area contributed by atoms with E-state index in [0.717, 1.165) is 43.4 Å². The lowest BCUT2D eigenvalue weighted by molar-refractivity contribution is -0.137. The van der Waals surface area contributed by atoms with E-state index in [1.165, 1.54) is 19.3 Å². The molecule has 4 bridgehead atoms. The average molecular weight is 435 g/mol. The molecule has 30 heavy (non-hydrogen) atoms. The number of anilines is 1. The lowest BCUT2D eigenvalue weighted by atomic mass is 9.48. The Hall–Kier alpha value is -1.63. The van der Waals surface area contributed by atoms with Gasteiger partial charge in [-0.1, -0.05) is 0 Å². The van der Waals surface area contributed by atoms with Crippen LogP contribution in [-0.4, -0.2) is 10.8 Å². The number of nitrogens with zero attached hydrogens (tertiary/aromatic N) is 1. The number of aromatic nitrogens is 1. The minimum atomic E-state index is -4.50. The maximum atomic E-state index is 14.1.